The molecule has 0 fully saturated rings. The van der Waals surface area contributed by atoms with Crippen LogP contribution in [0, 0.1) is 0 Å². The van der Waals surface area contributed by atoms with Crippen LogP contribution in [0.15, 0.2) is 29.2 Å². The molecule has 0 saturated carbocycles. The van der Waals surface area contributed by atoms with E-state index in [1.54, 1.807) is 31.2 Å². The standard InChI is InChI=1S/C10H13F2NOS/c1-10(13,6-14)7-2-4-8(5-3-7)15-9(11)12/h2-5,9,14H,6,13H2,1H3. The first kappa shape index (κ1) is 12.4. The molecular formula is C10H13F2NOS. The van der Waals surface area contributed by atoms with Gasteiger partial charge < -0.3 is 10.8 Å². The molecule has 1 unspecified atom stereocenters. The molecule has 0 aliphatic heterocycles. The first-order valence-corrected chi connectivity index (χ1v) is 5.29. The van der Waals surface area contributed by atoms with Crippen molar-refractivity contribution < 1.29 is 13.9 Å². The maximum atomic E-state index is 12.0. The zero-order valence-electron chi connectivity index (χ0n) is 8.28. The minimum Gasteiger partial charge on any atom is -0.394 e. The monoisotopic (exact) mass is 233 g/mol. The summed E-state index contributed by atoms with van der Waals surface area (Å²) in [6.07, 6.45) is 0. The molecule has 2 nitrogen and oxygen atoms in total. The van der Waals surface area contributed by atoms with Crippen molar-refractivity contribution in [3.05, 3.63) is 29.8 Å². The van der Waals surface area contributed by atoms with Gasteiger partial charge in [0.15, 0.2) is 0 Å². The third kappa shape index (κ3) is 3.44. The van der Waals surface area contributed by atoms with E-state index in [-0.39, 0.29) is 6.61 Å². The molecule has 5 heteroatoms. The van der Waals surface area contributed by atoms with Crippen LogP contribution in [0.1, 0.15) is 12.5 Å². The molecule has 1 atom stereocenters. The number of alkyl halides is 2. The molecule has 15 heavy (non-hydrogen) atoms. The van der Waals surface area contributed by atoms with E-state index in [1.165, 1.54) is 0 Å². The Hall–Kier alpha value is -0.650. The SMILES string of the molecule is CC(N)(CO)c1ccc(SC(F)F)cc1. The molecule has 84 valence electrons. The molecule has 0 aliphatic rings. The Balaban J connectivity index is 2.81. The number of benzene rings is 1. The number of rotatable bonds is 4. The van der Waals surface area contributed by atoms with Gasteiger partial charge in [0.1, 0.15) is 0 Å². The van der Waals surface area contributed by atoms with E-state index in [4.69, 9.17) is 10.8 Å². The van der Waals surface area contributed by atoms with Crippen LogP contribution < -0.4 is 5.73 Å². The van der Waals surface area contributed by atoms with E-state index in [0.29, 0.717) is 16.7 Å². The Morgan fingerprint density at radius 1 is 1.40 bits per heavy atom. The first-order valence-electron chi connectivity index (χ1n) is 4.41. The summed E-state index contributed by atoms with van der Waals surface area (Å²) < 4.78 is 24.0. The van der Waals surface area contributed by atoms with E-state index >= 15 is 0 Å². The van der Waals surface area contributed by atoms with E-state index in [9.17, 15) is 8.78 Å². The van der Waals surface area contributed by atoms with Crippen LogP contribution in [0.25, 0.3) is 0 Å². The summed E-state index contributed by atoms with van der Waals surface area (Å²) in [5.41, 5.74) is 5.68. The van der Waals surface area contributed by atoms with Gasteiger partial charge in [-0.1, -0.05) is 23.9 Å². The van der Waals surface area contributed by atoms with Gasteiger partial charge in [-0.25, -0.2) is 0 Å². The van der Waals surface area contributed by atoms with Crippen molar-refractivity contribution in [3.63, 3.8) is 0 Å². The fourth-order valence-electron chi connectivity index (χ4n) is 1.11. The maximum Gasteiger partial charge on any atom is 0.288 e. The molecule has 0 spiro atoms. The minimum atomic E-state index is -2.42. The highest BCUT2D eigenvalue weighted by Crippen LogP contribution is 2.27. The number of hydrogen-bond acceptors (Lipinski definition) is 3. The van der Waals surface area contributed by atoms with Crippen molar-refractivity contribution in [2.75, 3.05) is 6.61 Å². The van der Waals surface area contributed by atoms with E-state index in [1.807, 2.05) is 0 Å². The molecule has 0 bridgehead atoms. The summed E-state index contributed by atoms with van der Waals surface area (Å²) in [7, 11) is 0. The highest BCUT2D eigenvalue weighted by molar-refractivity contribution is 7.99. The molecular weight excluding hydrogens is 220 g/mol. The fraction of sp³-hybridized carbons (Fsp3) is 0.400. The van der Waals surface area contributed by atoms with Gasteiger partial charge in [-0.05, 0) is 24.6 Å². The lowest BCUT2D eigenvalue weighted by molar-refractivity contribution is 0.210. The average molecular weight is 233 g/mol. The first-order chi connectivity index (χ1) is 6.95. The van der Waals surface area contributed by atoms with Gasteiger partial charge in [-0.2, -0.15) is 8.78 Å². The van der Waals surface area contributed by atoms with Crippen LogP contribution in [0.2, 0.25) is 0 Å². The van der Waals surface area contributed by atoms with E-state index in [2.05, 4.69) is 0 Å². The predicted octanol–water partition coefficient (Wildman–Crippen LogP) is 2.17. The second-order valence-electron chi connectivity index (χ2n) is 3.48. The Morgan fingerprint density at radius 2 is 1.93 bits per heavy atom. The van der Waals surface area contributed by atoms with Crippen molar-refractivity contribution in [3.8, 4) is 0 Å². The number of hydrogen-bond donors (Lipinski definition) is 2. The van der Waals surface area contributed by atoms with Gasteiger partial charge in [-0.3, -0.25) is 0 Å². The Bertz CT molecular complexity index is 314. The zero-order valence-corrected chi connectivity index (χ0v) is 9.10. The summed E-state index contributed by atoms with van der Waals surface area (Å²) in [5, 5.41) is 9.01. The summed E-state index contributed by atoms with van der Waals surface area (Å²) in [4.78, 5) is 0.488. The van der Waals surface area contributed by atoms with Crippen molar-refractivity contribution in [2.24, 2.45) is 5.73 Å². The van der Waals surface area contributed by atoms with Crippen molar-refractivity contribution in [2.45, 2.75) is 23.1 Å². The van der Waals surface area contributed by atoms with Crippen LogP contribution in [-0.2, 0) is 5.54 Å². The number of thioether (sulfide) groups is 1. The minimum absolute atomic E-state index is 0.186. The maximum absolute atomic E-state index is 12.0. The number of nitrogens with two attached hydrogens (primary N) is 1. The van der Waals surface area contributed by atoms with E-state index in [0.717, 1.165) is 5.56 Å². The summed E-state index contributed by atoms with van der Waals surface area (Å²) in [6.45, 7) is 1.50. The van der Waals surface area contributed by atoms with Crippen LogP contribution in [0.5, 0.6) is 0 Å². The topological polar surface area (TPSA) is 46.2 Å². The molecule has 3 N–H and O–H groups in total. The highest BCUT2D eigenvalue weighted by atomic mass is 32.2. The highest BCUT2D eigenvalue weighted by Gasteiger charge is 2.19. The predicted molar refractivity (Wildman–Crippen MR) is 56.9 cm³/mol. The van der Waals surface area contributed by atoms with Gasteiger partial charge in [-0.15, -0.1) is 0 Å². The summed E-state index contributed by atoms with van der Waals surface area (Å²) in [6, 6.07) is 6.46. The average Bonchev–Trinajstić information content (AvgIpc) is 2.18. The van der Waals surface area contributed by atoms with Crippen LogP contribution >= 0.6 is 11.8 Å². The Kier molecular flexibility index (Phi) is 4.07. The van der Waals surface area contributed by atoms with Gasteiger partial charge in [0.2, 0.25) is 0 Å². The van der Waals surface area contributed by atoms with Gasteiger partial charge >= 0.3 is 0 Å². The Morgan fingerprint density at radius 3 is 2.33 bits per heavy atom. The summed E-state index contributed by atoms with van der Waals surface area (Å²) in [5.74, 6) is -2.42. The Labute approximate surface area is 91.5 Å². The molecule has 0 amide bonds. The molecule has 0 aliphatic carbocycles. The zero-order chi connectivity index (χ0) is 11.5. The number of aliphatic hydroxyl groups excluding tert-OH is 1. The third-order valence-corrected chi connectivity index (χ3v) is 2.79. The van der Waals surface area contributed by atoms with Crippen LogP contribution in [0.4, 0.5) is 8.78 Å². The third-order valence-electron chi connectivity index (χ3n) is 2.07. The van der Waals surface area contributed by atoms with Gasteiger partial charge in [0.05, 0.1) is 12.1 Å². The quantitative estimate of drug-likeness (QED) is 0.783. The lowest BCUT2D eigenvalue weighted by Gasteiger charge is -2.22. The van der Waals surface area contributed by atoms with Gasteiger partial charge in [0.25, 0.3) is 5.76 Å². The second-order valence-corrected chi connectivity index (χ2v) is 4.54. The molecule has 1 aromatic rings. The lowest BCUT2D eigenvalue weighted by atomic mass is 9.94. The molecule has 0 aromatic heterocycles. The van der Waals surface area contributed by atoms with Crippen LogP contribution in [-0.4, -0.2) is 17.5 Å². The van der Waals surface area contributed by atoms with Crippen LogP contribution in [0.3, 0.4) is 0 Å². The molecule has 0 saturated heterocycles. The number of aliphatic hydroxyl groups is 1. The largest absolute Gasteiger partial charge is 0.394 e. The number of halogens is 2. The fourth-order valence-corrected chi connectivity index (χ4v) is 1.61. The van der Waals surface area contributed by atoms with Gasteiger partial charge in [0, 0.05) is 4.90 Å². The van der Waals surface area contributed by atoms with Crippen molar-refractivity contribution in [1.82, 2.24) is 0 Å². The molecule has 0 radical (unpaired) electrons. The molecule has 1 aromatic carbocycles. The second kappa shape index (κ2) is 4.92. The lowest BCUT2D eigenvalue weighted by Crippen LogP contribution is -2.36. The molecule has 1 rings (SSSR count). The molecule has 0 heterocycles. The normalized spacial score (nSPS) is 15.3. The summed E-state index contributed by atoms with van der Waals surface area (Å²) >= 11 is 0.489. The smallest absolute Gasteiger partial charge is 0.288 e. The van der Waals surface area contributed by atoms with E-state index < -0.39 is 11.3 Å². The van der Waals surface area contributed by atoms with Crippen molar-refractivity contribution in [1.29, 1.82) is 0 Å². The van der Waals surface area contributed by atoms with Crippen molar-refractivity contribution >= 4 is 11.8 Å².